The molecule has 2 aliphatic heterocycles. The van der Waals surface area contributed by atoms with Crippen molar-refractivity contribution in [2.75, 3.05) is 33.4 Å². The van der Waals surface area contributed by atoms with Gasteiger partial charge in [-0.3, -0.25) is 0 Å². The van der Waals surface area contributed by atoms with Crippen LogP contribution < -0.4 is 10.1 Å². The van der Waals surface area contributed by atoms with Gasteiger partial charge in [0.2, 0.25) is 0 Å². The van der Waals surface area contributed by atoms with Crippen molar-refractivity contribution < 1.29 is 9.47 Å². The number of rotatable bonds is 3. The van der Waals surface area contributed by atoms with E-state index in [2.05, 4.69) is 30.4 Å². The van der Waals surface area contributed by atoms with Crippen LogP contribution in [0.5, 0.6) is 5.75 Å². The fraction of sp³-hybridized carbons (Fsp3) is 0.600. The summed E-state index contributed by atoms with van der Waals surface area (Å²) in [6.45, 7) is 6.03. The number of ether oxygens (including phenoxy) is 2. The lowest BCUT2D eigenvalue weighted by Gasteiger charge is -2.47. The lowest BCUT2D eigenvalue weighted by molar-refractivity contribution is -0.0878. The Kier molecular flexibility index (Phi) is 3.04. The van der Waals surface area contributed by atoms with Crippen LogP contribution in [0, 0.1) is 12.8 Å². The standard InChI is InChI=1S/C15H21NO2/c1-11-3-4-14(17-2)13(7-11)15(9-18-10-15)12-5-6-16-8-12/h3-4,7,12,16H,5-6,8-10H2,1-2H3. The van der Waals surface area contributed by atoms with Gasteiger partial charge in [-0.05, 0) is 38.4 Å². The van der Waals surface area contributed by atoms with Gasteiger partial charge in [0.25, 0.3) is 0 Å². The highest BCUT2D eigenvalue weighted by atomic mass is 16.5. The minimum atomic E-state index is 0.168. The average Bonchev–Trinajstić information content (AvgIpc) is 2.82. The molecule has 18 heavy (non-hydrogen) atoms. The van der Waals surface area contributed by atoms with E-state index in [-0.39, 0.29) is 5.41 Å². The molecule has 1 unspecified atom stereocenters. The molecule has 2 saturated heterocycles. The molecule has 3 rings (SSSR count). The summed E-state index contributed by atoms with van der Waals surface area (Å²) in [6.07, 6.45) is 1.24. The number of benzene rings is 1. The van der Waals surface area contributed by atoms with E-state index in [1.165, 1.54) is 17.5 Å². The molecule has 2 aliphatic rings. The van der Waals surface area contributed by atoms with E-state index in [9.17, 15) is 0 Å². The molecule has 0 saturated carbocycles. The Labute approximate surface area is 108 Å². The lowest BCUT2D eigenvalue weighted by Crippen LogP contribution is -2.53. The second kappa shape index (κ2) is 4.56. The van der Waals surface area contributed by atoms with Gasteiger partial charge in [-0.15, -0.1) is 0 Å². The van der Waals surface area contributed by atoms with E-state index in [4.69, 9.17) is 9.47 Å². The number of nitrogens with one attached hydrogen (secondary N) is 1. The highest BCUT2D eigenvalue weighted by Crippen LogP contribution is 2.45. The van der Waals surface area contributed by atoms with Crippen LogP contribution >= 0.6 is 0 Å². The Balaban J connectivity index is 2.02. The van der Waals surface area contributed by atoms with Gasteiger partial charge >= 0.3 is 0 Å². The van der Waals surface area contributed by atoms with Crippen molar-refractivity contribution in [2.45, 2.75) is 18.8 Å². The molecule has 2 heterocycles. The second-order valence-electron chi connectivity index (χ2n) is 5.54. The number of hydrogen-bond acceptors (Lipinski definition) is 3. The summed E-state index contributed by atoms with van der Waals surface area (Å²) >= 11 is 0. The Hall–Kier alpha value is -1.06. The Morgan fingerprint density at radius 1 is 1.39 bits per heavy atom. The molecule has 0 aliphatic carbocycles. The van der Waals surface area contributed by atoms with Crippen LogP contribution in [0.2, 0.25) is 0 Å². The van der Waals surface area contributed by atoms with Crippen LogP contribution in [0.4, 0.5) is 0 Å². The van der Waals surface area contributed by atoms with Crippen LogP contribution in [-0.2, 0) is 10.2 Å². The van der Waals surface area contributed by atoms with Crippen LogP contribution in [0.3, 0.4) is 0 Å². The summed E-state index contributed by atoms with van der Waals surface area (Å²) in [5.41, 5.74) is 2.80. The van der Waals surface area contributed by atoms with Crippen molar-refractivity contribution in [1.29, 1.82) is 0 Å². The molecular weight excluding hydrogens is 226 g/mol. The molecule has 0 bridgehead atoms. The maximum Gasteiger partial charge on any atom is 0.122 e. The van der Waals surface area contributed by atoms with Crippen LogP contribution in [-0.4, -0.2) is 33.4 Å². The molecule has 0 spiro atoms. The zero-order valence-corrected chi connectivity index (χ0v) is 11.2. The highest BCUT2D eigenvalue weighted by molar-refractivity contribution is 5.44. The topological polar surface area (TPSA) is 30.5 Å². The van der Waals surface area contributed by atoms with E-state index in [1.54, 1.807) is 7.11 Å². The van der Waals surface area contributed by atoms with Crippen molar-refractivity contribution >= 4 is 0 Å². The smallest absolute Gasteiger partial charge is 0.122 e. The van der Waals surface area contributed by atoms with Gasteiger partial charge in [0.1, 0.15) is 5.75 Å². The Morgan fingerprint density at radius 3 is 2.78 bits per heavy atom. The maximum atomic E-state index is 5.57. The van der Waals surface area contributed by atoms with Crippen LogP contribution in [0.25, 0.3) is 0 Å². The summed E-state index contributed by atoms with van der Waals surface area (Å²) < 4.78 is 11.1. The Morgan fingerprint density at radius 2 is 2.22 bits per heavy atom. The zero-order chi connectivity index (χ0) is 12.6. The van der Waals surface area contributed by atoms with E-state index < -0.39 is 0 Å². The van der Waals surface area contributed by atoms with Gasteiger partial charge < -0.3 is 14.8 Å². The molecule has 98 valence electrons. The minimum absolute atomic E-state index is 0.168. The molecule has 0 amide bonds. The molecule has 2 fully saturated rings. The van der Waals surface area contributed by atoms with Gasteiger partial charge in [-0.1, -0.05) is 17.7 Å². The first-order valence-corrected chi connectivity index (χ1v) is 6.70. The van der Waals surface area contributed by atoms with Crippen LogP contribution in [0.15, 0.2) is 18.2 Å². The molecular formula is C15H21NO2. The number of hydrogen-bond donors (Lipinski definition) is 1. The van der Waals surface area contributed by atoms with Gasteiger partial charge in [0.15, 0.2) is 0 Å². The lowest BCUT2D eigenvalue weighted by atomic mass is 9.67. The molecule has 3 nitrogen and oxygen atoms in total. The third kappa shape index (κ3) is 1.73. The third-order valence-electron chi connectivity index (χ3n) is 4.45. The fourth-order valence-corrected chi connectivity index (χ4v) is 3.27. The molecule has 1 aromatic carbocycles. The molecule has 3 heteroatoms. The molecule has 0 aromatic heterocycles. The Bertz CT molecular complexity index is 434. The maximum absolute atomic E-state index is 5.57. The molecule has 1 aromatic rings. The van der Waals surface area contributed by atoms with E-state index in [0.29, 0.717) is 5.92 Å². The molecule has 1 atom stereocenters. The van der Waals surface area contributed by atoms with E-state index in [1.807, 2.05) is 0 Å². The average molecular weight is 247 g/mol. The highest BCUT2D eigenvalue weighted by Gasteiger charge is 2.49. The third-order valence-corrected chi connectivity index (χ3v) is 4.45. The van der Waals surface area contributed by atoms with E-state index in [0.717, 1.165) is 32.1 Å². The second-order valence-corrected chi connectivity index (χ2v) is 5.54. The van der Waals surface area contributed by atoms with Crippen LogP contribution in [0.1, 0.15) is 17.5 Å². The van der Waals surface area contributed by atoms with Crippen molar-refractivity contribution in [2.24, 2.45) is 5.92 Å². The van der Waals surface area contributed by atoms with Gasteiger partial charge in [-0.2, -0.15) is 0 Å². The summed E-state index contributed by atoms with van der Waals surface area (Å²) in [4.78, 5) is 0. The van der Waals surface area contributed by atoms with Crippen molar-refractivity contribution in [1.82, 2.24) is 5.32 Å². The summed E-state index contributed by atoms with van der Waals surface area (Å²) in [5, 5.41) is 3.47. The van der Waals surface area contributed by atoms with Gasteiger partial charge in [0.05, 0.1) is 20.3 Å². The minimum Gasteiger partial charge on any atom is -0.496 e. The SMILES string of the molecule is COc1ccc(C)cc1C1(C2CCNC2)COC1. The normalized spacial score (nSPS) is 25.8. The predicted molar refractivity (Wildman–Crippen MR) is 71.2 cm³/mol. The van der Waals surface area contributed by atoms with Crippen molar-refractivity contribution in [3.05, 3.63) is 29.3 Å². The number of methoxy groups -OCH3 is 1. The fourth-order valence-electron chi connectivity index (χ4n) is 3.27. The molecule has 1 N–H and O–H groups in total. The van der Waals surface area contributed by atoms with E-state index >= 15 is 0 Å². The summed E-state index contributed by atoms with van der Waals surface area (Å²) in [5.74, 6) is 1.68. The van der Waals surface area contributed by atoms with Gasteiger partial charge in [-0.25, -0.2) is 0 Å². The first-order chi connectivity index (χ1) is 8.76. The predicted octanol–water partition coefficient (Wildman–Crippen LogP) is 1.88. The largest absolute Gasteiger partial charge is 0.496 e. The number of aryl methyl sites for hydroxylation is 1. The van der Waals surface area contributed by atoms with Crippen molar-refractivity contribution in [3.63, 3.8) is 0 Å². The molecule has 0 radical (unpaired) electrons. The monoisotopic (exact) mass is 247 g/mol. The van der Waals surface area contributed by atoms with Gasteiger partial charge in [0, 0.05) is 11.0 Å². The first-order valence-electron chi connectivity index (χ1n) is 6.70. The summed E-state index contributed by atoms with van der Waals surface area (Å²) in [7, 11) is 1.76. The zero-order valence-electron chi connectivity index (χ0n) is 11.2. The first kappa shape index (κ1) is 12.0. The van der Waals surface area contributed by atoms with Crippen molar-refractivity contribution in [3.8, 4) is 5.75 Å². The summed E-state index contributed by atoms with van der Waals surface area (Å²) in [6, 6.07) is 6.48. The quantitative estimate of drug-likeness (QED) is 0.884.